The van der Waals surface area contributed by atoms with E-state index < -0.39 is 6.10 Å². The highest BCUT2D eigenvalue weighted by Crippen LogP contribution is 2.39. The van der Waals surface area contributed by atoms with Crippen LogP contribution in [0.3, 0.4) is 0 Å². The first-order chi connectivity index (χ1) is 10.1. The lowest BCUT2D eigenvalue weighted by molar-refractivity contribution is -0.124. The van der Waals surface area contributed by atoms with Crippen LogP contribution in [0.15, 0.2) is 53.0 Å². The number of halogens is 2. The first-order valence-electron chi connectivity index (χ1n) is 6.59. The fourth-order valence-electron chi connectivity index (χ4n) is 2.65. The van der Waals surface area contributed by atoms with E-state index in [1.165, 1.54) is 0 Å². The molecule has 0 aromatic heterocycles. The van der Waals surface area contributed by atoms with Crippen molar-refractivity contribution in [1.82, 2.24) is 0 Å². The number of aliphatic hydroxyl groups is 1. The predicted octanol–water partition coefficient (Wildman–Crippen LogP) is 3.94. The number of amides is 1. The van der Waals surface area contributed by atoms with Crippen molar-refractivity contribution < 1.29 is 9.90 Å². The fourth-order valence-corrected chi connectivity index (χ4v) is 3.18. The van der Waals surface area contributed by atoms with E-state index in [2.05, 4.69) is 15.9 Å². The van der Waals surface area contributed by atoms with Gasteiger partial charge in [-0.25, -0.2) is 0 Å². The van der Waals surface area contributed by atoms with E-state index in [9.17, 15) is 9.90 Å². The zero-order chi connectivity index (χ0) is 15.0. The van der Waals surface area contributed by atoms with Gasteiger partial charge in [0.05, 0.1) is 6.04 Å². The van der Waals surface area contributed by atoms with E-state index in [-0.39, 0.29) is 11.9 Å². The number of aliphatic hydroxyl groups excluding tert-OH is 1. The van der Waals surface area contributed by atoms with Gasteiger partial charge in [-0.15, -0.1) is 0 Å². The molecule has 1 aliphatic heterocycles. The minimum atomic E-state index is -0.991. The van der Waals surface area contributed by atoms with Crippen LogP contribution in [0.2, 0.25) is 5.02 Å². The van der Waals surface area contributed by atoms with Crippen molar-refractivity contribution in [2.75, 3.05) is 4.90 Å². The molecule has 5 heteroatoms. The van der Waals surface area contributed by atoms with Gasteiger partial charge in [0, 0.05) is 21.6 Å². The molecule has 1 aliphatic rings. The molecule has 1 N–H and O–H groups in total. The van der Waals surface area contributed by atoms with Gasteiger partial charge < -0.3 is 10.0 Å². The van der Waals surface area contributed by atoms with Gasteiger partial charge in [-0.1, -0.05) is 45.7 Å². The number of nitrogens with zero attached hydrogens (tertiary/aromatic N) is 1. The van der Waals surface area contributed by atoms with Crippen molar-refractivity contribution in [1.29, 1.82) is 0 Å². The molecule has 0 unspecified atom stereocenters. The fraction of sp³-hybridized carbons (Fsp3) is 0.188. The predicted molar refractivity (Wildman–Crippen MR) is 86.4 cm³/mol. The van der Waals surface area contributed by atoms with Crippen molar-refractivity contribution >= 4 is 39.1 Å². The number of carbonyl (C=O) groups is 1. The summed E-state index contributed by atoms with van der Waals surface area (Å²) in [6.45, 7) is 0. The highest BCUT2D eigenvalue weighted by atomic mass is 79.9. The van der Waals surface area contributed by atoms with Crippen LogP contribution in [0.4, 0.5) is 5.69 Å². The summed E-state index contributed by atoms with van der Waals surface area (Å²) in [6, 6.07) is 14.6. The summed E-state index contributed by atoms with van der Waals surface area (Å²) in [6.07, 6.45) is -0.645. The zero-order valence-electron chi connectivity index (χ0n) is 11.0. The molecule has 3 nitrogen and oxygen atoms in total. The van der Waals surface area contributed by atoms with Crippen molar-refractivity contribution in [3.63, 3.8) is 0 Å². The summed E-state index contributed by atoms with van der Waals surface area (Å²) in [4.78, 5) is 13.9. The molecule has 108 valence electrons. The molecule has 0 spiro atoms. The summed E-state index contributed by atoms with van der Waals surface area (Å²) in [5, 5.41) is 10.6. The Balaban J connectivity index is 2.05. The molecule has 21 heavy (non-hydrogen) atoms. The molecular weight excluding hydrogens is 354 g/mol. The smallest absolute Gasteiger partial charge is 0.256 e. The Morgan fingerprint density at radius 1 is 1.14 bits per heavy atom. The van der Waals surface area contributed by atoms with Gasteiger partial charge in [0.25, 0.3) is 5.91 Å². The Kier molecular flexibility index (Phi) is 4.02. The lowest BCUT2D eigenvalue weighted by Gasteiger charge is -2.25. The number of anilines is 1. The quantitative estimate of drug-likeness (QED) is 0.874. The van der Waals surface area contributed by atoms with E-state index in [1.807, 2.05) is 42.5 Å². The molecule has 1 amide bonds. The van der Waals surface area contributed by atoms with E-state index in [4.69, 9.17) is 11.6 Å². The van der Waals surface area contributed by atoms with Crippen LogP contribution >= 0.6 is 27.5 Å². The van der Waals surface area contributed by atoms with Gasteiger partial charge in [-0.2, -0.15) is 0 Å². The Morgan fingerprint density at radius 2 is 1.81 bits per heavy atom. The third kappa shape index (κ3) is 2.71. The van der Waals surface area contributed by atoms with Gasteiger partial charge >= 0.3 is 0 Å². The SMILES string of the molecule is O=C1[C@@H](O)C[C@@H](c2ccccc2Cl)N1c1ccc(Br)cc1. The topological polar surface area (TPSA) is 40.5 Å². The third-order valence-corrected chi connectivity index (χ3v) is 4.52. The van der Waals surface area contributed by atoms with Crippen molar-refractivity contribution in [3.05, 3.63) is 63.6 Å². The highest BCUT2D eigenvalue weighted by molar-refractivity contribution is 9.10. The summed E-state index contributed by atoms with van der Waals surface area (Å²) >= 11 is 9.63. The number of hydrogen-bond acceptors (Lipinski definition) is 2. The van der Waals surface area contributed by atoms with Crippen LogP contribution < -0.4 is 4.90 Å². The molecule has 0 bridgehead atoms. The summed E-state index contributed by atoms with van der Waals surface area (Å²) in [5.41, 5.74) is 1.61. The minimum Gasteiger partial charge on any atom is -0.383 e. The second-order valence-corrected chi connectivity index (χ2v) is 6.30. The molecular formula is C16H13BrClNO2. The van der Waals surface area contributed by atoms with E-state index in [0.717, 1.165) is 15.7 Å². The maximum Gasteiger partial charge on any atom is 0.256 e. The van der Waals surface area contributed by atoms with Gasteiger partial charge in [0.1, 0.15) is 6.10 Å². The number of benzene rings is 2. The van der Waals surface area contributed by atoms with Gasteiger partial charge in [0.15, 0.2) is 0 Å². The van der Waals surface area contributed by atoms with Crippen LogP contribution in [0.5, 0.6) is 0 Å². The standard InChI is InChI=1S/C16H13BrClNO2/c17-10-5-7-11(8-6-10)19-14(9-15(20)16(19)21)12-3-1-2-4-13(12)18/h1-8,14-15,20H,9H2/t14-,15-/m0/s1. The third-order valence-electron chi connectivity index (χ3n) is 3.65. The largest absolute Gasteiger partial charge is 0.383 e. The summed E-state index contributed by atoms with van der Waals surface area (Å²) in [5.74, 6) is -0.290. The van der Waals surface area contributed by atoms with Crippen LogP contribution in [-0.4, -0.2) is 17.1 Å². The average Bonchev–Trinajstić information content (AvgIpc) is 2.76. The lowest BCUT2D eigenvalue weighted by Crippen LogP contribution is -2.30. The monoisotopic (exact) mass is 365 g/mol. The molecule has 3 rings (SSSR count). The Bertz CT molecular complexity index is 674. The second-order valence-electron chi connectivity index (χ2n) is 4.97. The van der Waals surface area contributed by atoms with E-state index in [1.54, 1.807) is 11.0 Å². The molecule has 2 aromatic rings. The summed E-state index contributed by atoms with van der Waals surface area (Å²) < 4.78 is 0.938. The first-order valence-corrected chi connectivity index (χ1v) is 7.76. The number of carbonyl (C=O) groups excluding carboxylic acids is 1. The van der Waals surface area contributed by atoms with Crippen molar-refractivity contribution in [2.45, 2.75) is 18.6 Å². The molecule has 0 radical (unpaired) electrons. The average molecular weight is 367 g/mol. The lowest BCUT2D eigenvalue weighted by atomic mass is 10.0. The van der Waals surface area contributed by atoms with Crippen LogP contribution in [0.25, 0.3) is 0 Å². The van der Waals surface area contributed by atoms with Gasteiger partial charge in [0.2, 0.25) is 0 Å². The molecule has 2 atom stereocenters. The Morgan fingerprint density at radius 3 is 2.48 bits per heavy atom. The molecule has 1 saturated heterocycles. The van der Waals surface area contributed by atoms with E-state index in [0.29, 0.717) is 11.4 Å². The molecule has 1 fully saturated rings. The number of rotatable bonds is 2. The Hall–Kier alpha value is -1.36. The van der Waals surface area contributed by atoms with Crippen LogP contribution in [0, 0.1) is 0 Å². The van der Waals surface area contributed by atoms with E-state index >= 15 is 0 Å². The van der Waals surface area contributed by atoms with Crippen molar-refractivity contribution in [2.24, 2.45) is 0 Å². The summed E-state index contributed by atoms with van der Waals surface area (Å²) in [7, 11) is 0. The minimum absolute atomic E-state index is 0.248. The normalized spacial score (nSPS) is 21.9. The maximum absolute atomic E-state index is 12.3. The van der Waals surface area contributed by atoms with Gasteiger partial charge in [-0.3, -0.25) is 4.79 Å². The van der Waals surface area contributed by atoms with Crippen LogP contribution in [-0.2, 0) is 4.79 Å². The Labute approximate surface area is 136 Å². The maximum atomic E-state index is 12.3. The molecule has 0 aliphatic carbocycles. The van der Waals surface area contributed by atoms with Gasteiger partial charge in [-0.05, 0) is 35.9 Å². The molecule has 1 heterocycles. The molecule has 0 saturated carbocycles. The number of hydrogen-bond donors (Lipinski definition) is 1. The second kappa shape index (κ2) is 5.79. The highest BCUT2D eigenvalue weighted by Gasteiger charge is 2.40. The van der Waals surface area contributed by atoms with Crippen LogP contribution in [0.1, 0.15) is 18.0 Å². The first kappa shape index (κ1) is 14.6. The van der Waals surface area contributed by atoms with Crippen molar-refractivity contribution in [3.8, 4) is 0 Å². The zero-order valence-corrected chi connectivity index (χ0v) is 13.4. The molecule has 2 aromatic carbocycles.